The van der Waals surface area contributed by atoms with Crippen molar-refractivity contribution in [3.05, 3.63) is 76.6 Å². The summed E-state index contributed by atoms with van der Waals surface area (Å²) in [7, 11) is 0. The van der Waals surface area contributed by atoms with Gasteiger partial charge in [-0.05, 0) is 62.6 Å². The lowest BCUT2D eigenvalue weighted by Crippen LogP contribution is -2.35. The standard InChI is InChI=1S/C24H26N4OS/c1-16-9-10-20(13-17(16)2)15-23(29)27(11-12-28-19(4)14-18(3)26-28)24-25-21-7-5-6-8-22(21)30-24/h5-10,13-14H,11-12,15H2,1-4H3. The second-order valence-electron chi connectivity index (χ2n) is 7.76. The van der Waals surface area contributed by atoms with Crippen LogP contribution in [0.15, 0.2) is 48.5 Å². The molecule has 2 aromatic carbocycles. The van der Waals surface area contributed by atoms with Gasteiger partial charge in [-0.1, -0.05) is 41.7 Å². The molecule has 0 radical (unpaired) electrons. The molecule has 0 fully saturated rings. The van der Waals surface area contributed by atoms with Crippen molar-refractivity contribution in [2.75, 3.05) is 11.4 Å². The van der Waals surface area contributed by atoms with Gasteiger partial charge in [0.1, 0.15) is 0 Å². The van der Waals surface area contributed by atoms with Gasteiger partial charge < -0.3 is 0 Å². The number of nitrogens with zero attached hydrogens (tertiary/aromatic N) is 4. The summed E-state index contributed by atoms with van der Waals surface area (Å²) in [6, 6.07) is 16.3. The summed E-state index contributed by atoms with van der Waals surface area (Å²) in [4.78, 5) is 19.9. The Hall–Kier alpha value is -2.99. The molecule has 0 spiro atoms. The zero-order valence-corrected chi connectivity index (χ0v) is 18.7. The molecule has 0 saturated carbocycles. The fourth-order valence-electron chi connectivity index (χ4n) is 3.58. The minimum absolute atomic E-state index is 0.0545. The van der Waals surface area contributed by atoms with Crippen molar-refractivity contribution in [3.63, 3.8) is 0 Å². The molecule has 154 valence electrons. The Morgan fingerprint density at radius 2 is 1.83 bits per heavy atom. The number of rotatable bonds is 6. The second kappa shape index (κ2) is 8.40. The van der Waals surface area contributed by atoms with Crippen molar-refractivity contribution in [3.8, 4) is 0 Å². The zero-order chi connectivity index (χ0) is 21.3. The molecule has 1 amide bonds. The molecule has 0 unspecified atom stereocenters. The predicted octanol–water partition coefficient (Wildman–Crippen LogP) is 5.00. The number of carbonyl (C=O) groups excluding carboxylic acids is 1. The third kappa shape index (κ3) is 4.28. The summed E-state index contributed by atoms with van der Waals surface area (Å²) in [5.74, 6) is 0.0545. The summed E-state index contributed by atoms with van der Waals surface area (Å²) in [5, 5.41) is 5.29. The highest BCUT2D eigenvalue weighted by atomic mass is 32.1. The Morgan fingerprint density at radius 3 is 2.53 bits per heavy atom. The third-order valence-corrected chi connectivity index (χ3v) is 6.44. The minimum atomic E-state index is 0.0545. The van der Waals surface area contributed by atoms with E-state index in [9.17, 15) is 4.79 Å². The van der Waals surface area contributed by atoms with E-state index in [2.05, 4.69) is 37.1 Å². The molecule has 0 aliphatic rings. The number of thiazole rings is 1. The van der Waals surface area contributed by atoms with E-state index in [-0.39, 0.29) is 5.91 Å². The first kappa shape index (κ1) is 20.3. The predicted molar refractivity (Wildman–Crippen MR) is 123 cm³/mol. The summed E-state index contributed by atoms with van der Waals surface area (Å²) < 4.78 is 3.04. The third-order valence-electron chi connectivity index (χ3n) is 5.38. The SMILES string of the molecule is Cc1cc(C)n(CCN(C(=O)Cc2ccc(C)c(C)c2)c2nc3ccccc3s2)n1. The molecular formula is C24H26N4OS. The smallest absolute Gasteiger partial charge is 0.233 e. The lowest BCUT2D eigenvalue weighted by atomic mass is 10.0. The molecule has 2 aromatic heterocycles. The van der Waals surface area contributed by atoms with Crippen LogP contribution < -0.4 is 4.90 Å². The van der Waals surface area contributed by atoms with Gasteiger partial charge in [0.05, 0.1) is 28.9 Å². The lowest BCUT2D eigenvalue weighted by Gasteiger charge is -2.20. The molecule has 4 rings (SSSR count). The van der Waals surface area contributed by atoms with Gasteiger partial charge >= 0.3 is 0 Å². The van der Waals surface area contributed by atoms with E-state index in [0.29, 0.717) is 19.5 Å². The molecule has 0 atom stereocenters. The van der Waals surface area contributed by atoms with Crippen molar-refractivity contribution in [1.29, 1.82) is 0 Å². The van der Waals surface area contributed by atoms with Crippen molar-refractivity contribution >= 4 is 32.6 Å². The fourth-order valence-corrected chi connectivity index (χ4v) is 4.59. The van der Waals surface area contributed by atoms with Gasteiger partial charge in [0.15, 0.2) is 5.13 Å². The van der Waals surface area contributed by atoms with Crippen LogP contribution in [0, 0.1) is 27.7 Å². The van der Waals surface area contributed by atoms with Crippen LogP contribution in [0.1, 0.15) is 28.1 Å². The van der Waals surface area contributed by atoms with Gasteiger partial charge in [0.25, 0.3) is 0 Å². The number of anilines is 1. The highest BCUT2D eigenvalue weighted by Crippen LogP contribution is 2.29. The van der Waals surface area contributed by atoms with Gasteiger partial charge in [-0.2, -0.15) is 5.10 Å². The topological polar surface area (TPSA) is 51.0 Å². The first-order valence-corrected chi connectivity index (χ1v) is 11.0. The highest BCUT2D eigenvalue weighted by Gasteiger charge is 2.20. The number of carbonyl (C=O) groups is 1. The molecule has 6 heteroatoms. The molecule has 0 aliphatic carbocycles. The van der Waals surface area contributed by atoms with Gasteiger partial charge in [-0.15, -0.1) is 0 Å². The Kier molecular flexibility index (Phi) is 5.68. The molecule has 4 aromatic rings. The molecule has 2 heterocycles. The zero-order valence-electron chi connectivity index (χ0n) is 17.8. The van der Waals surface area contributed by atoms with Crippen molar-refractivity contribution in [1.82, 2.24) is 14.8 Å². The number of para-hydroxylation sites is 1. The maximum atomic E-state index is 13.4. The summed E-state index contributed by atoms with van der Waals surface area (Å²) in [5.41, 5.74) is 6.47. The number of fused-ring (bicyclic) bond motifs is 1. The van der Waals surface area contributed by atoms with Crippen LogP contribution in [0.2, 0.25) is 0 Å². The van der Waals surface area contributed by atoms with E-state index in [0.717, 1.165) is 32.3 Å². The number of benzene rings is 2. The number of aromatic nitrogens is 3. The number of hydrogen-bond donors (Lipinski definition) is 0. The summed E-state index contributed by atoms with van der Waals surface area (Å²) in [6.45, 7) is 9.36. The lowest BCUT2D eigenvalue weighted by molar-refractivity contribution is -0.118. The van der Waals surface area contributed by atoms with Crippen LogP contribution in [0.4, 0.5) is 5.13 Å². The molecule has 5 nitrogen and oxygen atoms in total. The van der Waals surface area contributed by atoms with Gasteiger partial charge in [0, 0.05) is 12.2 Å². The molecule has 0 aliphatic heterocycles. The van der Waals surface area contributed by atoms with Gasteiger partial charge in [-0.3, -0.25) is 14.4 Å². The van der Waals surface area contributed by atoms with E-state index >= 15 is 0 Å². The van der Waals surface area contributed by atoms with E-state index in [4.69, 9.17) is 4.98 Å². The summed E-state index contributed by atoms with van der Waals surface area (Å²) in [6.07, 6.45) is 0.355. The first-order valence-electron chi connectivity index (χ1n) is 10.1. The maximum Gasteiger partial charge on any atom is 0.233 e. The van der Waals surface area contributed by atoms with Crippen molar-refractivity contribution < 1.29 is 4.79 Å². The monoisotopic (exact) mass is 418 g/mol. The van der Waals surface area contributed by atoms with Crippen LogP contribution in [0.3, 0.4) is 0 Å². The molecule has 0 bridgehead atoms. The van der Waals surface area contributed by atoms with Crippen LogP contribution in [-0.4, -0.2) is 27.2 Å². The second-order valence-corrected chi connectivity index (χ2v) is 8.76. The van der Waals surface area contributed by atoms with E-state index in [1.165, 1.54) is 11.1 Å². The molecular weight excluding hydrogens is 392 g/mol. The Morgan fingerprint density at radius 1 is 1.03 bits per heavy atom. The first-order chi connectivity index (χ1) is 14.4. The Labute approximate surface area is 181 Å². The van der Waals surface area contributed by atoms with Gasteiger partial charge in [-0.25, -0.2) is 4.98 Å². The van der Waals surface area contributed by atoms with Crippen LogP contribution >= 0.6 is 11.3 Å². The minimum Gasteiger partial charge on any atom is -0.286 e. The quantitative estimate of drug-likeness (QED) is 0.443. The van der Waals surface area contributed by atoms with Gasteiger partial charge in [0.2, 0.25) is 5.91 Å². The number of amides is 1. The Balaban J connectivity index is 1.62. The van der Waals surface area contributed by atoms with Crippen LogP contribution in [0.25, 0.3) is 10.2 Å². The number of aryl methyl sites for hydroxylation is 4. The fraction of sp³-hybridized carbons (Fsp3) is 0.292. The average molecular weight is 419 g/mol. The van der Waals surface area contributed by atoms with E-state index in [1.807, 2.05) is 53.8 Å². The van der Waals surface area contributed by atoms with Crippen LogP contribution in [-0.2, 0) is 17.8 Å². The number of hydrogen-bond acceptors (Lipinski definition) is 4. The molecule has 0 saturated heterocycles. The average Bonchev–Trinajstić information content (AvgIpc) is 3.27. The summed E-state index contributed by atoms with van der Waals surface area (Å²) >= 11 is 1.56. The Bertz CT molecular complexity index is 1170. The van der Waals surface area contributed by atoms with Crippen molar-refractivity contribution in [2.45, 2.75) is 40.7 Å². The van der Waals surface area contributed by atoms with Crippen LogP contribution in [0.5, 0.6) is 0 Å². The van der Waals surface area contributed by atoms with E-state index in [1.54, 1.807) is 11.3 Å². The maximum absolute atomic E-state index is 13.4. The van der Waals surface area contributed by atoms with E-state index < -0.39 is 0 Å². The van der Waals surface area contributed by atoms with Crippen molar-refractivity contribution in [2.24, 2.45) is 0 Å². The highest BCUT2D eigenvalue weighted by molar-refractivity contribution is 7.22. The molecule has 30 heavy (non-hydrogen) atoms. The normalized spacial score (nSPS) is 11.2. The molecule has 0 N–H and O–H groups in total. The largest absolute Gasteiger partial charge is 0.286 e.